The van der Waals surface area contributed by atoms with Crippen molar-refractivity contribution in [3.8, 4) is 0 Å². The van der Waals surface area contributed by atoms with Crippen molar-refractivity contribution in [2.45, 2.75) is 50.2 Å². The molecule has 0 saturated heterocycles. The molecule has 0 aliphatic heterocycles. The van der Waals surface area contributed by atoms with Gasteiger partial charge < -0.3 is 5.32 Å². The zero-order valence-electron chi connectivity index (χ0n) is 11.7. The largest absolute Gasteiger partial charge is 0.319 e. The van der Waals surface area contributed by atoms with E-state index >= 15 is 0 Å². The van der Waals surface area contributed by atoms with Crippen LogP contribution in [0.3, 0.4) is 0 Å². The van der Waals surface area contributed by atoms with Gasteiger partial charge in [-0.25, -0.2) is 8.42 Å². The van der Waals surface area contributed by atoms with Crippen LogP contribution in [-0.2, 0) is 9.84 Å². The lowest BCUT2D eigenvalue weighted by atomic mass is 9.75. The first-order valence-corrected chi connectivity index (χ1v) is 9.31. The first kappa shape index (κ1) is 14.3. The molecule has 2 saturated carbocycles. The molecule has 0 aromatic carbocycles. The second-order valence-electron chi connectivity index (χ2n) is 6.29. The van der Waals surface area contributed by atoms with E-state index in [2.05, 4.69) is 5.32 Å². The summed E-state index contributed by atoms with van der Waals surface area (Å²) in [4.78, 5) is 0. The molecule has 106 valence electrons. The zero-order valence-corrected chi connectivity index (χ0v) is 12.5. The first-order valence-electron chi connectivity index (χ1n) is 7.36. The van der Waals surface area contributed by atoms with Gasteiger partial charge in [-0.15, -0.1) is 0 Å². The summed E-state index contributed by atoms with van der Waals surface area (Å²) in [5.74, 6) is 2.19. The molecule has 2 aliphatic rings. The molecule has 0 amide bonds. The van der Waals surface area contributed by atoms with Gasteiger partial charge in [0, 0.05) is 6.26 Å². The molecule has 4 unspecified atom stereocenters. The Morgan fingerprint density at radius 3 is 2.50 bits per heavy atom. The van der Waals surface area contributed by atoms with Crippen LogP contribution in [0.25, 0.3) is 0 Å². The lowest BCUT2D eigenvalue weighted by Gasteiger charge is -2.35. The molecule has 2 rings (SSSR count). The van der Waals surface area contributed by atoms with Gasteiger partial charge in [-0.2, -0.15) is 0 Å². The van der Waals surface area contributed by atoms with Crippen LogP contribution in [0.5, 0.6) is 0 Å². The Hall–Kier alpha value is -0.0900. The average Bonchev–Trinajstić information content (AvgIpc) is 2.77. The molecule has 0 aromatic heterocycles. The van der Waals surface area contributed by atoms with Crippen LogP contribution in [0.4, 0.5) is 0 Å². The van der Waals surface area contributed by atoms with Crippen molar-refractivity contribution in [1.29, 1.82) is 0 Å². The van der Waals surface area contributed by atoms with E-state index in [0.717, 1.165) is 37.6 Å². The SMILES string of the molecule is CNCC1CCCC1C1CCCC(S(C)(=O)=O)C1. The van der Waals surface area contributed by atoms with Crippen molar-refractivity contribution in [3.05, 3.63) is 0 Å². The number of sulfone groups is 1. The van der Waals surface area contributed by atoms with E-state index in [9.17, 15) is 8.42 Å². The normalized spacial score (nSPS) is 37.9. The maximum atomic E-state index is 11.7. The Balaban J connectivity index is 2.00. The first-order chi connectivity index (χ1) is 8.52. The quantitative estimate of drug-likeness (QED) is 0.854. The molecule has 4 atom stereocenters. The molecule has 0 bridgehead atoms. The average molecular weight is 273 g/mol. The van der Waals surface area contributed by atoms with Crippen LogP contribution in [0, 0.1) is 17.8 Å². The third kappa shape index (κ3) is 3.27. The molecule has 3 nitrogen and oxygen atoms in total. The Kier molecular flexibility index (Phi) is 4.70. The summed E-state index contributed by atoms with van der Waals surface area (Å²) in [7, 11) is -0.810. The van der Waals surface area contributed by atoms with Gasteiger partial charge in [0.2, 0.25) is 0 Å². The van der Waals surface area contributed by atoms with Crippen molar-refractivity contribution in [1.82, 2.24) is 5.32 Å². The van der Waals surface area contributed by atoms with E-state index in [1.807, 2.05) is 7.05 Å². The van der Waals surface area contributed by atoms with Crippen molar-refractivity contribution < 1.29 is 8.42 Å². The fourth-order valence-electron chi connectivity index (χ4n) is 4.16. The molecule has 4 heteroatoms. The van der Waals surface area contributed by atoms with E-state index in [0.29, 0.717) is 5.92 Å². The van der Waals surface area contributed by atoms with Gasteiger partial charge in [-0.05, 0) is 57.0 Å². The van der Waals surface area contributed by atoms with E-state index < -0.39 is 9.84 Å². The summed E-state index contributed by atoms with van der Waals surface area (Å²) in [5.41, 5.74) is 0. The van der Waals surface area contributed by atoms with Gasteiger partial charge in [0.25, 0.3) is 0 Å². The van der Waals surface area contributed by atoms with Gasteiger partial charge >= 0.3 is 0 Å². The van der Waals surface area contributed by atoms with Crippen LogP contribution in [-0.4, -0.2) is 33.5 Å². The number of rotatable bonds is 4. The topological polar surface area (TPSA) is 46.2 Å². The predicted octanol–water partition coefficient (Wildman–Crippen LogP) is 2.23. The zero-order chi connectivity index (χ0) is 13.2. The molecule has 0 radical (unpaired) electrons. The Bertz CT molecular complexity index is 366. The Morgan fingerprint density at radius 1 is 1.11 bits per heavy atom. The fourth-order valence-corrected chi connectivity index (χ4v) is 5.35. The second kappa shape index (κ2) is 5.91. The summed E-state index contributed by atoms with van der Waals surface area (Å²) in [6.45, 7) is 1.10. The third-order valence-electron chi connectivity index (χ3n) is 5.06. The highest BCUT2D eigenvalue weighted by Gasteiger charge is 2.38. The maximum Gasteiger partial charge on any atom is 0.150 e. The Labute approximate surface area is 112 Å². The van der Waals surface area contributed by atoms with Crippen LogP contribution < -0.4 is 5.32 Å². The predicted molar refractivity (Wildman–Crippen MR) is 75.3 cm³/mol. The summed E-state index contributed by atoms with van der Waals surface area (Å²) < 4.78 is 23.5. The van der Waals surface area contributed by atoms with Crippen molar-refractivity contribution >= 4 is 9.84 Å². The van der Waals surface area contributed by atoms with Gasteiger partial charge in [-0.3, -0.25) is 0 Å². The van der Waals surface area contributed by atoms with Crippen molar-refractivity contribution in [2.75, 3.05) is 19.8 Å². The van der Waals surface area contributed by atoms with E-state index in [1.54, 1.807) is 0 Å². The van der Waals surface area contributed by atoms with Gasteiger partial charge in [0.15, 0.2) is 0 Å². The smallest absolute Gasteiger partial charge is 0.150 e. The van der Waals surface area contributed by atoms with Crippen LogP contribution in [0.1, 0.15) is 44.9 Å². The molecule has 0 aromatic rings. The van der Waals surface area contributed by atoms with Gasteiger partial charge in [0.05, 0.1) is 5.25 Å². The highest BCUT2D eigenvalue weighted by Crippen LogP contribution is 2.43. The minimum Gasteiger partial charge on any atom is -0.319 e. The standard InChI is InChI=1S/C14H27NO2S/c1-15-10-12-6-4-8-14(12)11-5-3-7-13(9-11)18(2,16)17/h11-15H,3-10H2,1-2H3. The van der Waals surface area contributed by atoms with Gasteiger partial charge in [-0.1, -0.05) is 19.3 Å². The van der Waals surface area contributed by atoms with E-state index in [1.165, 1.54) is 31.9 Å². The maximum absolute atomic E-state index is 11.7. The summed E-state index contributed by atoms with van der Waals surface area (Å²) in [6.07, 6.45) is 9.54. The fraction of sp³-hybridized carbons (Fsp3) is 1.00. The van der Waals surface area contributed by atoms with Crippen LogP contribution in [0.2, 0.25) is 0 Å². The molecule has 0 heterocycles. The summed E-state index contributed by atoms with van der Waals surface area (Å²) in [5, 5.41) is 3.24. The lowest BCUT2D eigenvalue weighted by Crippen LogP contribution is -2.34. The second-order valence-corrected chi connectivity index (χ2v) is 8.62. The number of hydrogen-bond acceptors (Lipinski definition) is 3. The van der Waals surface area contributed by atoms with Crippen LogP contribution in [0.15, 0.2) is 0 Å². The Morgan fingerprint density at radius 2 is 1.83 bits per heavy atom. The molecule has 2 aliphatic carbocycles. The molecular weight excluding hydrogens is 246 g/mol. The molecule has 2 fully saturated rings. The van der Waals surface area contributed by atoms with Crippen molar-refractivity contribution in [3.63, 3.8) is 0 Å². The lowest BCUT2D eigenvalue weighted by molar-refractivity contribution is 0.202. The molecule has 0 spiro atoms. The monoisotopic (exact) mass is 273 g/mol. The number of hydrogen-bond donors (Lipinski definition) is 1. The minimum atomic E-state index is -2.83. The van der Waals surface area contributed by atoms with Gasteiger partial charge in [0.1, 0.15) is 9.84 Å². The van der Waals surface area contributed by atoms with Crippen LogP contribution >= 0.6 is 0 Å². The van der Waals surface area contributed by atoms with E-state index in [-0.39, 0.29) is 5.25 Å². The summed E-state index contributed by atoms with van der Waals surface area (Å²) in [6, 6.07) is 0. The minimum absolute atomic E-state index is 0.0629. The molecule has 1 N–H and O–H groups in total. The number of nitrogens with one attached hydrogen (secondary N) is 1. The highest BCUT2D eigenvalue weighted by molar-refractivity contribution is 7.91. The van der Waals surface area contributed by atoms with Crippen molar-refractivity contribution in [2.24, 2.45) is 17.8 Å². The summed E-state index contributed by atoms with van der Waals surface area (Å²) >= 11 is 0. The molecular formula is C14H27NO2S. The molecule has 18 heavy (non-hydrogen) atoms. The highest BCUT2D eigenvalue weighted by atomic mass is 32.2. The van der Waals surface area contributed by atoms with E-state index in [4.69, 9.17) is 0 Å². The third-order valence-corrected chi connectivity index (χ3v) is 6.70.